The summed E-state index contributed by atoms with van der Waals surface area (Å²) in [5, 5.41) is 2.87. The number of hydrogen-bond donors (Lipinski definition) is 1. The number of carbonyl (C=O) groups excluding carboxylic acids is 1. The number of para-hydroxylation sites is 1. The quantitative estimate of drug-likeness (QED) is 0.752. The Morgan fingerprint density at radius 1 is 1.04 bits per heavy atom. The number of benzene rings is 2. The van der Waals surface area contributed by atoms with Crippen LogP contribution in [0.2, 0.25) is 0 Å². The highest BCUT2D eigenvalue weighted by atomic mass is 16.1. The van der Waals surface area contributed by atoms with Crippen molar-refractivity contribution in [3.63, 3.8) is 0 Å². The zero-order valence-corrected chi connectivity index (χ0v) is 16.1. The molecule has 1 aliphatic heterocycles. The minimum atomic E-state index is -0.268. The van der Waals surface area contributed by atoms with E-state index in [2.05, 4.69) is 38.4 Å². The van der Waals surface area contributed by atoms with Gasteiger partial charge in [-0.1, -0.05) is 18.2 Å². The third kappa shape index (κ3) is 3.67. The van der Waals surface area contributed by atoms with Crippen LogP contribution >= 0.6 is 0 Å². The molecule has 0 radical (unpaired) electrons. The first kappa shape index (κ1) is 18.0. The first-order valence-corrected chi connectivity index (χ1v) is 9.38. The van der Waals surface area contributed by atoms with Gasteiger partial charge in [-0.15, -0.1) is 0 Å². The van der Waals surface area contributed by atoms with Gasteiger partial charge in [-0.25, -0.2) is 9.97 Å². The second-order valence-electron chi connectivity index (χ2n) is 7.04. The van der Waals surface area contributed by atoms with Gasteiger partial charge in [0.05, 0.1) is 12.4 Å². The van der Waals surface area contributed by atoms with Crippen LogP contribution in [-0.2, 0) is 6.42 Å². The normalized spacial score (nSPS) is 13.0. The molecule has 3 aromatic rings. The molecule has 1 amide bonds. The highest BCUT2D eigenvalue weighted by molar-refractivity contribution is 6.02. The van der Waals surface area contributed by atoms with E-state index in [1.807, 2.05) is 49.3 Å². The topological polar surface area (TPSA) is 61.4 Å². The summed E-state index contributed by atoms with van der Waals surface area (Å²) in [4.78, 5) is 25.5. The summed E-state index contributed by atoms with van der Waals surface area (Å²) in [6.07, 6.45) is 5.36. The Morgan fingerprint density at radius 3 is 2.54 bits per heavy atom. The summed E-state index contributed by atoms with van der Waals surface area (Å²) in [5.74, 6) is 0.495. The fraction of sp³-hybridized carbons (Fsp3) is 0.227. The van der Waals surface area contributed by atoms with Crippen molar-refractivity contribution in [1.82, 2.24) is 9.97 Å². The van der Waals surface area contributed by atoms with E-state index >= 15 is 0 Å². The molecule has 0 atom stereocenters. The average Bonchev–Trinajstić information content (AvgIpc) is 2.74. The lowest BCUT2D eigenvalue weighted by Crippen LogP contribution is -2.25. The maximum Gasteiger partial charge on any atom is 0.275 e. The van der Waals surface area contributed by atoms with E-state index < -0.39 is 0 Å². The monoisotopic (exact) mass is 373 g/mol. The zero-order chi connectivity index (χ0) is 19.5. The van der Waals surface area contributed by atoms with Crippen LogP contribution in [-0.4, -0.2) is 36.5 Å². The first-order valence-electron chi connectivity index (χ1n) is 9.38. The fourth-order valence-electron chi connectivity index (χ4n) is 3.39. The number of anilines is 4. The van der Waals surface area contributed by atoms with Gasteiger partial charge in [0.15, 0.2) is 5.82 Å². The molecule has 0 spiro atoms. The maximum absolute atomic E-state index is 12.5. The number of aryl methyl sites for hydroxylation is 1. The van der Waals surface area contributed by atoms with Gasteiger partial charge in [-0.05, 0) is 48.7 Å². The van der Waals surface area contributed by atoms with Gasteiger partial charge in [-0.3, -0.25) is 4.79 Å². The summed E-state index contributed by atoms with van der Waals surface area (Å²) in [6, 6.07) is 16.0. The van der Waals surface area contributed by atoms with Crippen LogP contribution in [0.4, 0.5) is 22.9 Å². The molecule has 0 bridgehead atoms. The van der Waals surface area contributed by atoms with Crippen LogP contribution in [0.25, 0.3) is 0 Å². The molecule has 4 rings (SSSR count). The number of amides is 1. The summed E-state index contributed by atoms with van der Waals surface area (Å²) >= 11 is 0. The van der Waals surface area contributed by atoms with Gasteiger partial charge in [-0.2, -0.15) is 0 Å². The molecular formula is C22H23N5O. The molecule has 0 unspecified atom stereocenters. The molecule has 0 fully saturated rings. The largest absolute Gasteiger partial charge is 0.378 e. The van der Waals surface area contributed by atoms with Crippen LogP contribution in [0.3, 0.4) is 0 Å². The summed E-state index contributed by atoms with van der Waals surface area (Å²) < 4.78 is 0. The molecule has 0 saturated carbocycles. The minimum absolute atomic E-state index is 0.268. The molecular weight excluding hydrogens is 350 g/mol. The van der Waals surface area contributed by atoms with Gasteiger partial charge in [0, 0.05) is 37.7 Å². The van der Waals surface area contributed by atoms with Crippen molar-refractivity contribution >= 4 is 28.8 Å². The first-order chi connectivity index (χ1) is 13.6. The lowest BCUT2D eigenvalue weighted by Gasteiger charge is -2.30. The average molecular weight is 373 g/mol. The van der Waals surface area contributed by atoms with Gasteiger partial charge in [0.1, 0.15) is 5.69 Å². The van der Waals surface area contributed by atoms with Crippen molar-refractivity contribution < 1.29 is 4.79 Å². The molecule has 2 aromatic carbocycles. The Kier molecular flexibility index (Phi) is 4.93. The van der Waals surface area contributed by atoms with Crippen molar-refractivity contribution in [1.29, 1.82) is 0 Å². The number of nitrogens with zero attached hydrogens (tertiary/aromatic N) is 4. The standard InChI is InChI=1S/C22H23N5O/c1-26(2)18-11-9-17(10-12-18)25-22(28)19-14-24-21(15-23-19)27-13-5-7-16-6-3-4-8-20(16)27/h3-4,6,8-12,14-15H,5,7,13H2,1-2H3,(H,25,28). The number of carbonyl (C=O) groups is 1. The summed E-state index contributed by atoms with van der Waals surface area (Å²) in [6.45, 7) is 0.898. The number of rotatable bonds is 4. The predicted octanol–water partition coefficient (Wildman–Crippen LogP) is 3.88. The highest BCUT2D eigenvalue weighted by Crippen LogP contribution is 2.31. The van der Waals surface area contributed by atoms with E-state index in [0.29, 0.717) is 5.69 Å². The number of fused-ring (bicyclic) bond motifs is 1. The molecule has 1 aromatic heterocycles. The van der Waals surface area contributed by atoms with Crippen molar-refractivity contribution in [3.05, 3.63) is 72.2 Å². The molecule has 2 heterocycles. The van der Waals surface area contributed by atoms with Gasteiger partial charge in [0.25, 0.3) is 5.91 Å². The molecule has 142 valence electrons. The van der Waals surface area contributed by atoms with Gasteiger partial charge >= 0.3 is 0 Å². The van der Waals surface area contributed by atoms with Gasteiger partial charge < -0.3 is 15.1 Å². The Hall–Kier alpha value is -3.41. The van der Waals surface area contributed by atoms with E-state index in [9.17, 15) is 4.79 Å². The van der Waals surface area contributed by atoms with Crippen LogP contribution in [0.15, 0.2) is 60.9 Å². The number of nitrogens with one attached hydrogen (secondary N) is 1. The second-order valence-corrected chi connectivity index (χ2v) is 7.04. The third-order valence-corrected chi connectivity index (χ3v) is 4.90. The van der Waals surface area contributed by atoms with Crippen molar-refractivity contribution in [3.8, 4) is 0 Å². The maximum atomic E-state index is 12.5. The van der Waals surface area contributed by atoms with E-state index in [0.717, 1.165) is 36.6 Å². The molecule has 0 saturated heterocycles. The highest BCUT2D eigenvalue weighted by Gasteiger charge is 2.19. The van der Waals surface area contributed by atoms with Crippen molar-refractivity contribution in [2.24, 2.45) is 0 Å². The summed E-state index contributed by atoms with van der Waals surface area (Å²) in [5.41, 5.74) is 4.58. The molecule has 0 aliphatic carbocycles. The number of hydrogen-bond acceptors (Lipinski definition) is 5. The van der Waals surface area contributed by atoms with Crippen LogP contribution in [0.1, 0.15) is 22.5 Å². The third-order valence-electron chi connectivity index (χ3n) is 4.90. The minimum Gasteiger partial charge on any atom is -0.378 e. The lowest BCUT2D eigenvalue weighted by atomic mass is 10.0. The van der Waals surface area contributed by atoms with Gasteiger partial charge in [0.2, 0.25) is 0 Å². The zero-order valence-electron chi connectivity index (χ0n) is 16.1. The lowest BCUT2D eigenvalue weighted by molar-refractivity contribution is 0.102. The predicted molar refractivity (Wildman–Crippen MR) is 113 cm³/mol. The molecule has 1 aliphatic rings. The van der Waals surface area contributed by atoms with Crippen LogP contribution in [0, 0.1) is 0 Å². The van der Waals surface area contributed by atoms with E-state index in [4.69, 9.17) is 0 Å². The van der Waals surface area contributed by atoms with E-state index in [1.165, 1.54) is 17.4 Å². The SMILES string of the molecule is CN(C)c1ccc(NC(=O)c2cnc(N3CCCc4ccccc43)cn2)cc1. The number of aromatic nitrogens is 2. The summed E-state index contributed by atoms with van der Waals surface area (Å²) in [7, 11) is 3.96. The Morgan fingerprint density at radius 2 is 1.82 bits per heavy atom. The Balaban J connectivity index is 1.48. The smallest absolute Gasteiger partial charge is 0.275 e. The Labute approximate surface area is 164 Å². The van der Waals surface area contributed by atoms with Crippen molar-refractivity contribution in [2.75, 3.05) is 35.8 Å². The fourth-order valence-corrected chi connectivity index (χ4v) is 3.39. The molecule has 1 N–H and O–H groups in total. The van der Waals surface area contributed by atoms with E-state index in [-0.39, 0.29) is 5.91 Å². The van der Waals surface area contributed by atoms with Crippen LogP contribution < -0.4 is 15.1 Å². The van der Waals surface area contributed by atoms with Crippen LogP contribution in [0.5, 0.6) is 0 Å². The second kappa shape index (κ2) is 7.68. The van der Waals surface area contributed by atoms with E-state index in [1.54, 1.807) is 6.20 Å². The Bertz CT molecular complexity index is 967. The molecule has 28 heavy (non-hydrogen) atoms. The molecule has 6 nitrogen and oxygen atoms in total. The van der Waals surface area contributed by atoms with Crippen molar-refractivity contribution in [2.45, 2.75) is 12.8 Å². The molecule has 6 heteroatoms.